The van der Waals surface area contributed by atoms with Crippen LogP contribution in [0.1, 0.15) is 22.3 Å². The number of hydrogen-bond donors (Lipinski definition) is 0. The second-order valence-corrected chi connectivity index (χ2v) is 6.43. The minimum atomic E-state index is -0.406. The molecule has 0 aliphatic carbocycles. The van der Waals surface area contributed by atoms with E-state index in [1.165, 1.54) is 37.2 Å². The molecule has 0 unspecified atom stereocenters. The van der Waals surface area contributed by atoms with Crippen molar-refractivity contribution in [3.63, 3.8) is 0 Å². The standard InChI is InChI=1S/C20H22O3S/c1-14-8-7-9-15(2)18(14)13-24-19-11-6-5-10-16(19)17(12-22-3)20(21)23-4/h5-12H,13H2,1-4H3/b17-12+. The molecule has 0 spiro atoms. The van der Waals surface area contributed by atoms with Crippen LogP contribution in [0.25, 0.3) is 5.57 Å². The lowest BCUT2D eigenvalue weighted by Gasteiger charge is -2.13. The Bertz CT molecular complexity index is 730. The molecule has 2 aromatic carbocycles. The van der Waals surface area contributed by atoms with Gasteiger partial charge in [-0.2, -0.15) is 0 Å². The molecule has 0 bridgehead atoms. The van der Waals surface area contributed by atoms with Gasteiger partial charge in [0.05, 0.1) is 20.5 Å². The van der Waals surface area contributed by atoms with E-state index in [0.717, 1.165) is 16.2 Å². The summed E-state index contributed by atoms with van der Waals surface area (Å²) < 4.78 is 9.94. The van der Waals surface area contributed by atoms with Gasteiger partial charge in [-0.1, -0.05) is 36.4 Å². The van der Waals surface area contributed by atoms with Gasteiger partial charge in [-0.25, -0.2) is 4.79 Å². The van der Waals surface area contributed by atoms with E-state index < -0.39 is 5.97 Å². The first-order valence-electron chi connectivity index (χ1n) is 7.67. The maximum absolute atomic E-state index is 12.1. The summed E-state index contributed by atoms with van der Waals surface area (Å²) in [6.45, 7) is 4.25. The molecule has 0 amide bonds. The summed E-state index contributed by atoms with van der Waals surface area (Å²) in [5.41, 5.74) is 5.13. The number of ether oxygens (including phenoxy) is 2. The Morgan fingerprint density at radius 1 is 1.04 bits per heavy atom. The number of benzene rings is 2. The monoisotopic (exact) mass is 342 g/mol. The SMILES string of the molecule is CO/C=C(/C(=O)OC)c1ccccc1SCc1c(C)cccc1C. The lowest BCUT2D eigenvalue weighted by Crippen LogP contribution is -2.05. The fourth-order valence-corrected chi connectivity index (χ4v) is 3.75. The minimum absolute atomic E-state index is 0.406. The van der Waals surface area contributed by atoms with Crippen LogP contribution in [-0.4, -0.2) is 20.2 Å². The molecule has 0 N–H and O–H groups in total. The highest BCUT2D eigenvalue weighted by Gasteiger charge is 2.17. The highest BCUT2D eigenvalue weighted by Crippen LogP contribution is 2.32. The fourth-order valence-electron chi connectivity index (χ4n) is 2.49. The first-order chi connectivity index (χ1) is 11.6. The maximum atomic E-state index is 12.1. The van der Waals surface area contributed by atoms with Gasteiger partial charge in [-0.3, -0.25) is 0 Å². The maximum Gasteiger partial charge on any atom is 0.341 e. The largest absolute Gasteiger partial charge is 0.503 e. The normalized spacial score (nSPS) is 11.2. The van der Waals surface area contributed by atoms with Gasteiger partial charge in [0, 0.05) is 16.2 Å². The number of esters is 1. The third kappa shape index (κ3) is 4.20. The molecule has 0 heterocycles. The van der Waals surface area contributed by atoms with Gasteiger partial charge in [0.15, 0.2) is 0 Å². The summed E-state index contributed by atoms with van der Waals surface area (Å²) in [6, 6.07) is 14.1. The van der Waals surface area contributed by atoms with Crippen molar-refractivity contribution in [3.05, 3.63) is 71.0 Å². The number of aryl methyl sites for hydroxylation is 2. The Hall–Kier alpha value is -2.20. The van der Waals surface area contributed by atoms with Crippen molar-refractivity contribution in [2.45, 2.75) is 24.5 Å². The number of rotatable bonds is 6. The Balaban J connectivity index is 2.32. The Morgan fingerprint density at radius 3 is 2.33 bits per heavy atom. The summed E-state index contributed by atoms with van der Waals surface area (Å²) in [5.74, 6) is 0.439. The zero-order valence-electron chi connectivity index (χ0n) is 14.5. The molecule has 0 aliphatic rings. The lowest BCUT2D eigenvalue weighted by atomic mass is 10.1. The van der Waals surface area contributed by atoms with E-state index in [2.05, 4.69) is 32.0 Å². The minimum Gasteiger partial charge on any atom is -0.503 e. The van der Waals surface area contributed by atoms with Crippen LogP contribution >= 0.6 is 11.8 Å². The predicted molar refractivity (Wildman–Crippen MR) is 98.9 cm³/mol. The molecule has 0 saturated carbocycles. The molecule has 126 valence electrons. The van der Waals surface area contributed by atoms with E-state index in [1.54, 1.807) is 11.8 Å². The summed E-state index contributed by atoms with van der Waals surface area (Å²) in [4.78, 5) is 13.1. The zero-order valence-corrected chi connectivity index (χ0v) is 15.3. The van der Waals surface area contributed by atoms with Gasteiger partial charge in [-0.15, -0.1) is 11.8 Å². The summed E-state index contributed by atoms with van der Waals surface area (Å²) >= 11 is 1.71. The third-order valence-electron chi connectivity index (χ3n) is 3.83. The quantitative estimate of drug-likeness (QED) is 0.328. The number of thioether (sulfide) groups is 1. The topological polar surface area (TPSA) is 35.5 Å². The van der Waals surface area contributed by atoms with Crippen LogP contribution in [0.5, 0.6) is 0 Å². The van der Waals surface area contributed by atoms with Crippen molar-refractivity contribution in [2.75, 3.05) is 14.2 Å². The summed E-state index contributed by atoms with van der Waals surface area (Å²) in [7, 11) is 2.90. The van der Waals surface area contributed by atoms with Gasteiger partial charge in [0.2, 0.25) is 0 Å². The lowest BCUT2D eigenvalue weighted by molar-refractivity contribution is -0.133. The predicted octanol–water partition coefficient (Wildman–Crippen LogP) is 4.76. The molecule has 4 heteroatoms. The number of carbonyl (C=O) groups is 1. The molecular weight excluding hydrogens is 320 g/mol. The molecule has 3 nitrogen and oxygen atoms in total. The fraction of sp³-hybridized carbons (Fsp3) is 0.250. The van der Waals surface area contributed by atoms with Crippen molar-refractivity contribution in [1.29, 1.82) is 0 Å². The van der Waals surface area contributed by atoms with E-state index in [0.29, 0.717) is 5.57 Å². The first kappa shape index (κ1) is 18.1. The zero-order chi connectivity index (χ0) is 17.5. The molecule has 24 heavy (non-hydrogen) atoms. The van der Waals surface area contributed by atoms with E-state index in [-0.39, 0.29) is 0 Å². The molecule has 0 saturated heterocycles. The van der Waals surface area contributed by atoms with E-state index in [9.17, 15) is 4.79 Å². The van der Waals surface area contributed by atoms with Crippen LogP contribution < -0.4 is 0 Å². The van der Waals surface area contributed by atoms with Gasteiger partial charge < -0.3 is 9.47 Å². The summed E-state index contributed by atoms with van der Waals surface area (Å²) in [5, 5.41) is 0. The smallest absolute Gasteiger partial charge is 0.341 e. The van der Waals surface area contributed by atoms with Crippen molar-refractivity contribution < 1.29 is 14.3 Å². The van der Waals surface area contributed by atoms with Gasteiger partial charge in [0.1, 0.15) is 5.57 Å². The van der Waals surface area contributed by atoms with Crippen molar-refractivity contribution >= 4 is 23.3 Å². The van der Waals surface area contributed by atoms with Gasteiger partial charge in [0.25, 0.3) is 0 Å². The number of carbonyl (C=O) groups excluding carboxylic acids is 1. The van der Waals surface area contributed by atoms with E-state index in [1.807, 2.05) is 24.3 Å². The molecule has 0 aliphatic heterocycles. The molecule has 2 aromatic rings. The van der Waals surface area contributed by atoms with E-state index in [4.69, 9.17) is 9.47 Å². The van der Waals surface area contributed by atoms with Crippen LogP contribution in [-0.2, 0) is 20.0 Å². The molecule has 0 fully saturated rings. The Morgan fingerprint density at radius 2 is 1.71 bits per heavy atom. The molecule has 2 rings (SSSR count). The van der Waals surface area contributed by atoms with Gasteiger partial charge >= 0.3 is 5.97 Å². The van der Waals surface area contributed by atoms with E-state index >= 15 is 0 Å². The number of methoxy groups -OCH3 is 2. The average Bonchev–Trinajstić information content (AvgIpc) is 2.59. The third-order valence-corrected chi connectivity index (χ3v) is 4.93. The number of hydrogen-bond acceptors (Lipinski definition) is 4. The molecule has 0 radical (unpaired) electrons. The van der Waals surface area contributed by atoms with Crippen molar-refractivity contribution in [1.82, 2.24) is 0 Å². The highest BCUT2D eigenvalue weighted by atomic mass is 32.2. The summed E-state index contributed by atoms with van der Waals surface area (Å²) in [6.07, 6.45) is 1.43. The van der Waals surface area contributed by atoms with Gasteiger partial charge in [-0.05, 0) is 36.6 Å². The first-order valence-corrected chi connectivity index (χ1v) is 8.65. The van der Waals surface area contributed by atoms with Crippen LogP contribution in [0, 0.1) is 13.8 Å². The van der Waals surface area contributed by atoms with Crippen LogP contribution in [0.2, 0.25) is 0 Å². The van der Waals surface area contributed by atoms with Crippen LogP contribution in [0.3, 0.4) is 0 Å². The van der Waals surface area contributed by atoms with Crippen molar-refractivity contribution in [3.8, 4) is 0 Å². The van der Waals surface area contributed by atoms with Crippen molar-refractivity contribution in [2.24, 2.45) is 0 Å². The highest BCUT2D eigenvalue weighted by molar-refractivity contribution is 7.98. The Labute approximate surface area is 147 Å². The Kier molecular flexibility index (Phi) is 6.50. The average molecular weight is 342 g/mol. The molecular formula is C20H22O3S. The van der Waals surface area contributed by atoms with Crippen LogP contribution in [0.15, 0.2) is 53.6 Å². The van der Waals surface area contributed by atoms with Crippen LogP contribution in [0.4, 0.5) is 0 Å². The molecule has 0 aromatic heterocycles. The second-order valence-electron chi connectivity index (χ2n) is 5.41. The second kappa shape index (κ2) is 8.60. The molecule has 0 atom stereocenters.